The Labute approximate surface area is 108 Å². The summed E-state index contributed by atoms with van der Waals surface area (Å²) >= 11 is 0. The number of carboxylic acids is 1. The van der Waals surface area contributed by atoms with Gasteiger partial charge in [0.05, 0.1) is 18.4 Å². The minimum absolute atomic E-state index is 0.0955. The first-order valence-electron chi connectivity index (χ1n) is 6.27. The third kappa shape index (κ3) is 1.47. The van der Waals surface area contributed by atoms with E-state index in [0.29, 0.717) is 17.2 Å². The van der Waals surface area contributed by atoms with E-state index in [0.717, 1.165) is 19.3 Å². The zero-order chi connectivity index (χ0) is 13.0. The van der Waals surface area contributed by atoms with E-state index in [2.05, 4.69) is 15.4 Å². The smallest absolute Gasteiger partial charge is 0.341 e. The lowest BCUT2D eigenvalue weighted by molar-refractivity contribution is 0.0698. The number of carboxylic acid groups (broad SMARTS) is 1. The van der Waals surface area contributed by atoms with Crippen molar-refractivity contribution in [3.05, 3.63) is 18.0 Å². The van der Waals surface area contributed by atoms with E-state index >= 15 is 0 Å². The first-order chi connectivity index (χ1) is 9.22. The van der Waals surface area contributed by atoms with E-state index in [1.807, 2.05) is 0 Å². The molecule has 2 atom stereocenters. The number of carbonyl (C=O) groups is 1. The molecule has 2 aliphatic rings. The fourth-order valence-electron chi connectivity index (χ4n) is 2.81. The first-order valence-corrected chi connectivity index (χ1v) is 6.27. The molecule has 0 radical (unpaired) electrons. The van der Waals surface area contributed by atoms with Gasteiger partial charge < -0.3 is 15.2 Å². The molecule has 0 bridgehead atoms. The Balaban J connectivity index is 1.85. The summed E-state index contributed by atoms with van der Waals surface area (Å²) in [5, 5.41) is 16.4. The highest BCUT2D eigenvalue weighted by Gasteiger charge is 2.34. The van der Waals surface area contributed by atoms with Crippen molar-refractivity contribution in [3.63, 3.8) is 0 Å². The third-order valence-electron chi connectivity index (χ3n) is 3.74. The molecule has 19 heavy (non-hydrogen) atoms. The molecule has 1 aliphatic heterocycles. The number of nitrogens with one attached hydrogen (secondary N) is 1. The average Bonchev–Trinajstić information content (AvgIpc) is 2.98. The molecule has 0 saturated heterocycles. The lowest BCUT2D eigenvalue weighted by atomic mass is 10.2. The molecule has 0 aromatic carbocycles. The van der Waals surface area contributed by atoms with Crippen LogP contribution in [0.2, 0.25) is 0 Å². The average molecular weight is 260 g/mol. The van der Waals surface area contributed by atoms with Crippen molar-refractivity contribution in [1.29, 1.82) is 0 Å². The lowest BCUT2D eigenvalue weighted by Gasteiger charge is -2.29. The summed E-state index contributed by atoms with van der Waals surface area (Å²) in [6.07, 6.45) is 6.40. The van der Waals surface area contributed by atoms with Crippen molar-refractivity contribution < 1.29 is 14.6 Å². The number of hydrogen-bond donors (Lipinski definition) is 2. The summed E-state index contributed by atoms with van der Waals surface area (Å²) in [5.74, 6) is 0.215. The number of aromatic carboxylic acids is 1. The van der Waals surface area contributed by atoms with Gasteiger partial charge >= 0.3 is 5.97 Å². The number of nitrogens with zero attached hydrogens (tertiary/aromatic N) is 3. The molecule has 7 nitrogen and oxygen atoms in total. The molecule has 2 N–H and O–H groups in total. The number of anilines is 1. The van der Waals surface area contributed by atoms with Gasteiger partial charge in [-0.05, 0) is 19.3 Å². The van der Waals surface area contributed by atoms with Crippen LogP contribution in [0.3, 0.4) is 0 Å². The molecule has 1 saturated carbocycles. The van der Waals surface area contributed by atoms with E-state index in [4.69, 9.17) is 9.84 Å². The SMILES string of the molecule is O=C(O)c1cnn2cc3c(nc12)N[C@@H]1CCC[C@@H]1O3. The van der Waals surface area contributed by atoms with Gasteiger partial charge in [0.2, 0.25) is 0 Å². The van der Waals surface area contributed by atoms with Crippen LogP contribution in [-0.2, 0) is 0 Å². The van der Waals surface area contributed by atoms with Gasteiger partial charge in [-0.25, -0.2) is 14.3 Å². The fourth-order valence-corrected chi connectivity index (χ4v) is 2.81. The standard InChI is InChI=1S/C12H12N4O3/c17-12(18)6-4-13-16-5-9-10(15-11(6)16)14-7-2-1-3-8(7)19-9/h4-5,7-8H,1-3H2,(H,14,15)(H,17,18)/t7-,8+/m1/s1. The second-order valence-electron chi connectivity index (χ2n) is 4.92. The number of rotatable bonds is 1. The molecular formula is C12H12N4O3. The summed E-state index contributed by atoms with van der Waals surface area (Å²) in [5.41, 5.74) is 0.428. The van der Waals surface area contributed by atoms with Crippen LogP contribution in [-0.4, -0.2) is 37.8 Å². The molecular weight excluding hydrogens is 248 g/mol. The Bertz CT molecular complexity index is 681. The van der Waals surface area contributed by atoms with Crippen LogP contribution in [0.25, 0.3) is 5.65 Å². The van der Waals surface area contributed by atoms with Crippen molar-refractivity contribution in [2.75, 3.05) is 5.32 Å². The number of hydrogen-bond acceptors (Lipinski definition) is 5. The van der Waals surface area contributed by atoms with Crippen molar-refractivity contribution in [2.45, 2.75) is 31.4 Å². The van der Waals surface area contributed by atoms with Crippen LogP contribution in [0.1, 0.15) is 29.6 Å². The van der Waals surface area contributed by atoms with E-state index in [9.17, 15) is 4.79 Å². The van der Waals surface area contributed by atoms with Crippen LogP contribution in [0.15, 0.2) is 12.4 Å². The Morgan fingerprint density at radius 1 is 1.53 bits per heavy atom. The number of ether oxygens (including phenoxy) is 1. The predicted molar refractivity (Wildman–Crippen MR) is 65.6 cm³/mol. The minimum Gasteiger partial charge on any atom is -0.483 e. The monoisotopic (exact) mass is 260 g/mol. The van der Waals surface area contributed by atoms with Crippen molar-refractivity contribution in [1.82, 2.24) is 14.6 Å². The van der Waals surface area contributed by atoms with Gasteiger partial charge in [0.25, 0.3) is 0 Å². The van der Waals surface area contributed by atoms with Gasteiger partial charge in [-0.3, -0.25) is 0 Å². The Morgan fingerprint density at radius 3 is 3.26 bits per heavy atom. The van der Waals surface area contributed by atoms with Crippen LogP contribution < -0.4 is 10.1 Å². The normalized spacial score (nSPS) is 24.4. The molecule has 98 valence electrons. The maximum Gasteiger partial charge on any atom is 0.341 e. The highest BCUT2D eigenvalue weighted by Crippen LogP contribution is 2.36. The Hall–Kier alpha value is -2.31. The molecule has 0 amide bonds. The molecule has 0 spiro atoms. The van der Waals surface area contributed by atoms with E-state index < -0.39 is 5.97 Å². The predicted octanol–water partition coefficient (Wildman–Crippen LogP) is 1.15. The summed E-state index contributed by atoms with van der Waals surface area (Å²) in [7, 11) is 0. The fraction of sp³-hybridized carbons (Fsp3) is 0.417. The van der Waals surface area contributed by atoms with Gasteiger partial charge in [0, 0.05) is 0 Å². The van der Waals surface area contributed by atoms with Crippen LogP contribution >= 0.6 is 0 Å². The highest BCUT2D eigenvalue weighted by molar-refractivity contribution is 5.94. The van der Waals surface area contributed by atoms with Crippen molar-refractivity contribution >= 4 is 17.4 Å². The second kappa shape index (κ2) is 3.59. The largest absolute Gasteiger partial charge is 0.483 e. The van der Waals surface area contributed by atoms with Gasteiger partial charge in [-0.1, -0.05) is 0 Å². The maximum atomic E-state index is 11.1. The summed E-state index contributed by atoms with van der Waals surface area (Å²) in [6, 6.07) is 0.277. The van der Waals surface area contributed by atoms with Gasteiger partial charge in [-0.2, -0.15) is 5.10 Å². The molecule has 0 unspecified atom stereocenters. The van der Waals surface area contributed by atoms with Gasteiger partial charge in [0.1, 0.15) is 11.7 Å². The molecule has 2 aromatic rings. The third-order valence-corrected chi connectivity index (χ3v) is 3.74. The van der Waals surface area contributed by atoms with E-state index in [-0.39, 0.29) is 17.7 Å². The number of aromatic nitrogens is 3. The van der Waals surface area contributed by atoms with E-state index in [1.165, 1.54) is 10.7 Å². The van der Waals surface area contributed by atoms with Gasteiger partial charge in [-0.15, -0.1) is 0 Å². The molecule has 3 heterocycles. The van der Waals surface area contributed by atoms with Crippen LogP contribution in [0.5, 0.6) is 5.75 Å². The molecule has 1 fully saturated rings. The molecule has 2 aromatic heterocycles. The second-order valence-corrected chi connectivity index (χ2v) is 4.92. The summed E-state index contributed by atoms with van der Waals surface area (Å²) < 4.78 is 7.34. The molecule has 1 aliphatic carbocycles. The topological polar surface area (TPSA) is 88.8 Å². The van der Waals surface area contributed by atoms with Crippen molar-refractivity contribution in [3.8, 4) is 5.75 Å². The lowest BCUT2D eigenvalue weighted by Crippen LogP contribution is -2.37. The highest BCUT2D eigenvalue weighted by atomic mass is 16.5. The maximum absolute atomic E-state index is 11.1. The van der Waals surface area contributed by atoms with Crippen LogP contribution in [0.4, 0.5) is 5.82 Å². The van der Waals surface area contributed by atoms with Crippen LogP contribution in [0, 0.1) is 0 Å². The minimum atomic E-state index is -1.03. The summed E-state index contributed by atoms with van der Waals surface area (Å²) in [6.45, 7) is 0. The zero-order valence-electron chi connectivity index (χ0n) is 10.0. The zero-order valence-corrected chi connectivity index (χ0v) is 10.0. The van der Waals surface area contributed by atoms with E-state index in [1.54, 1.807) is 6.20 Å². The quantitative estimate of drug-likeness (QED) is 0.799. The first kappa shape index (κ1) is 10.6. The van der Waals surface area contributed by atoms with Gasteiger partial charge in [0.15, 0.2) is 17.2 Å². The Morgan fingerprint density at radius 2 is 2.42 bits per heavy atom. The molecule has 7 heteroatoms. The number of fused-ring (bicyclic) bond motifs is 3. The Kier molecular flexibility index (Phi) is 2.01. The van der Waals surface area contributed by atoms with Crippen molar-refractivity contribution in [2.24, 2.45) is 0 Å². The molecule has 4 rings (SSSR count). The summed E-state index contributed by atoms with van der Waals surface area (Å²) in [4.78, 5) is 15.4.